The van der Waals surface area contributed by atoms with Crippen LogP contribution in [0.3, 0.4) is 0 Å². The second-order valence-corrected chi connectivity index (χ2v) is 5.46. The van der Waals surface area contributed by atoms with Crippen LogP contribution in [0.4, 0.5) is 0 Å². The van der Waals surface area contributed by atoms with Crippen LogP contribution in [0.1, 0.15) is 29.5 Å². The minimum Gasteiger partial charge on any atom is -0.313 e. The van der Waals surface area contributed by atoms with E-state index >= 15 is 0 Å². The van der Waals surface area contributed by atoms with E-state index in [1.54, 1.807) is 0 Å². The third-order valence-electron chi connectivity index (χ3n) is 3.24. The highest BCUT2D eigenvalue weighted by Crippen LogP contribution is 2.18. The van der Waals surface area contributed by atoms with Gasteiger partial charge in [0.15, 0.2) is 0 Å². The van der Waals surface area contributed by atoms with E-state index in [0.717, 1.165) is 25.7 Å². The standard InChI is InChI=1S/C15H24N2/c1-12-8-13(2)10-14(9-12)11-17(3)7-6-16-15-4-5-15/h8-10,15-16H,4-7,11H2,1-3H3. The van der Waals surface area contributed by atoms with Gasteiger partial charge in [-0.3, -0.25) is 0 Å². The molecule has 1 fully saturated rings. The predicted octanol–water partition coefficient (Wildman–Crippen LogP) is 2.49. The van der Waals surface area contributed by atoms with Crippen molar-refractivity contribution < 1.29 is 0 Å². The maximum Gasteiger partial charge on any atom is 0.0231 e. The van der Waals surface area contributed by atoms with Gasteiger partial charge in [-0.2, -0.15) is 0 Å². The maximum atomic E-state index is 3.55. The molecule has 94 valence electrons. The second-order valence-electron chi connectivity index (χ2n) is 5.46. The van der Waals surface area contributed by atoms with Gasteiger partial charge in [0, 0.05) is 25.7 Å². The molecule has 17 heavy (non-hydrogen) atoms. The Kier molecular flexibility index (Phi) is 4.19. The van der Waals surface area contributed by atoms with Gasteiger partial charge in [-0.15, -0.1) is 0 Å². The summed E-state index contributed by atoms with van der Waals surface area (Å²) in [5.41, 5.74) is 4.16. The van der Waals surface area contributed by atoms with Crippen LogP contribution in [0.15, 0.2) is 18.2 Å². The van der Waals surface area contributed by atoms with E-state index in [1.807, 2.05) is 0 Å². The lowest BCUT2D eigenvalue weighted by atomic mass is 10.1. The van der Waals surface area contributed by atoms with E-state index in [2.05, 4.69) is 49.3 Å². The van der Waals surface area contributed by atoms with Crippen molar-refractivity contribution in [3.63, 3.8) is 0 Å². The van der Waals surface area contributed by atoms with Gasteiger partial charge in [0.2, 0.25) is 0 Å². The Bertz CT molecular complexity index is 349. The molecule has 0 saturated heterocycles. The number of aryl methyl sites for hydroxylation is 2. The SMILES string of the molecule is Cc1cc(C)cc(CN(C)CCNC2CC2)c1. The lowest BCUT2D eigenvalue weighted by molar-refractivity contribution is 0.324. The molecule has 0 heterocycles. The average Bonchev–Trinajstić information content (AvgIpc) is 2.99. The van der Waals surface area contributed by atoms with Crippen LogP contribution in [-0.4, -0.2) is 31.1 Å². The van der Waals surface area contributed by atoms with Crippen molar-refractivity contribution >= 4 is 0 Å². The molecule has 1 aromatic carbocycles. The number of benzene rings is 1. The van der Waals surface area contributed by atoms with Gasteiger partial charge >= 0.3 is 0 Å². The Labute approximate surface area is 105 Å². The molecule has 0 atom stereocenters. The van der Waals surface area contributed by atoms with Crippen molar-refractivity contribution in [1.82, 2.24) is 10.2 Å². The fourth-order valence-corrected chi connectivity index (χ4v) is 2.30. The highest BCUT2D eigenvalue weighted by atomic mass is 15.1. The van der Waals surface area contributed by atoms with Crippen LogP contribution in [0.2, 0.25) is 0 Å². The fourth-order valence-electron chi connectivity index (χ4n) is 2.30. The van der Waals surface area contributed by atoms with Crippen LogP contribution in [-0.2, 0) is 6.54 Å². The zero-order valence-corrected chi connectivity index (χ0v) is 11.3. The highest BCUT2D eigenvalue weighted by Gasteiger charge is 2.19. The number of hydrogen-bond acceptors (Lipinski definition) is 2. The minimum atomic E-state index is 0.824. The molecule has 0 bridgehead atoms. The number of likely N-dealkylation sites (N-methyl/N-ethyl adjacent to an activating group) is 1. The molecule has 0 amide bonds. The molecule has 1 aromatic rings. The van der Waals surface area contributed by atoms with Gasteiger partial charge in [-0.25, -0.2) is 0 Å². The molecule has 0 spiro atoms. The summed E-state index contributed by atoms with van der Waals surface area (Å²) >= 11 is 0. The van der Waals surface area contributed by atoms with Crippen molar-refractivity contribution in [2.75, 3.05) is 20.1 Å². The highest BCUT2D eigenvalue weighted by molar-refractivity contribution is 5.28. The molecule has 2 heteroatoms. The Morgan fingerprint density at radius 1 is 1.18 bits per heavy atom. The van der Waals surface area contributed by atoms with E-state index < -0.39 is 0 Å². The van der Waals surface area contributed by atoms with E-state index in [0.29, 0.717) is 0 Å². The molecule has 1 aliphatic carbocycles. The summed E-state index contributed by atoms with van der Waals surface area (Å²) in [6.45, 7) is 7.64. The topological polar surface area (TPSA) is 15.3 Å². The summed E-state index contributed by atoms with van der Waals surface area (Å²) in [7, 11) is 2.20. The van der Waals surface area contributed by atoms with E-state index in [-0.39, 0.29) is 0 Å². The van der Waals surface area contributed by atoms with Gasteiger partial charge < -0.3 is 10.2 Å². The van der Waals surface area contributed by atoms with Gasteiger partial charge in [0.1, 0.15) is 0 Å². The number of hydrogen-bond donors (Lipinski definition) is 1. The molecule has 0 aliphatic heterocycles. The Morgan fingerprint density at radius 2 is 1.82 bits per heavy atom. The van der Waals surface area contributed by atoms with Gasteiger partial charge in [0.25, 0.3) is 0 Å². The average molecular weight is 232 g/mol. The normalized spacial score (nSPS) is 15.5. The molecule has 2 nitrogen and oxygen atoms in total. The monoisotopic (exact) mass is 232 g/mol. The van der Waals surface area contributed by atoms with Crippen LogP contribution in [0.25, 0.3) is 0 Å². The largest absolute Gasteiger partial charge is 0.313 e. The summed E-state index contributed by atoms with van der Waals surface area (Å²) in [5.74, 6) is 0. The lowest BCUT2D eigenvalue weighted by Crippen LogP contribution is -2.30. The smallest absolute Gasteiger partial charge is 0.0231 e. The van der Waals surface area contributed by atoms with Crippen LogP contribution in [0.5, 0.6) is 0 Å². The third kappa shape index (κ3) is 4.49. The summed E-state index contributed by atoms with van der Waals surface area (Å²) in [6.07, 6.45) is 2.75. The van der Waals surface area contributed by atoms with Crippen molar-refractivity contribution in [3.05, 3.63) is 34.9 Å². The molecular weight excluding hydrogens is 208 g/mol. The number of rotatable bonds is 6. The summed E-state index contributed by atoms with van der Waals surface area (Å²) in [6, 6.07) is 7.64. The predicted molar refractivity (Wildman–Crippen MR) is 73.3 cm³/mol. The Balaban J connectivity index is 1.77. The van der Waals surface area contributed by atoms with Crippen molar-refractivity contribution in [2.24, 2.45) is 0 Å². The zero-order valence-electron chi connectivity index (χ0n) is 11.3. The van der Waals surface area contributed by atoms with Crippen molar-refractivity contribution in [2.45, 2.75) is 39.3 Å². The third-order valence-corrected chi connectivity index (χ3v) is 3.24. The summed E-state index contributed by atoms with van der Waals surface area (Å²) in [5, 5.41) is 3.55. The van der Waals surface area contributed by atoms with Gasteiger partial charge in [-0.1, -0.05) is 29.3 Å². The van der Waals surface area contributed by atoms with Crippen molar-refractivity contribution in [1.29, 1.82) is 0 Å². The first-order valence-electron chi connectivity index (χ1n) is 6.62. The first-order valence-corrected chi connectivity index (χ1v) is 6.62. The quantitative estimate of drug-likeness (QED) is 0.810. The van der Waals surface area contributed by atoms with Gasteiger partial charge in [0.05, 0.1) is 0 Å². The minimum absolute atomic E-state index is 0.824. The van der Waals surface area contributed by atoms with E-state index in [4.69, 9.17) is 0 Å². The van der Waals surface area contributed by atoms with Crippen LogP contribution < -0.4 is 5.32 Å². The molecule has 1 saturated carbocycles. The molecule has 1 aliphatic rings. The fraction of sp³-hybridized carbons (Fsp3) is 0.600. The molecule has 1 N–H and O–H groups in total. The number of nitrogens with zero attached hydrogens (tertiary/aromatic N) is 1. The Morgan fingerprint density at radius 3 is 2.41 bits per heavy atom. The lowest BCUT2D eigenvalue weighted by Gasteiger charge is -2.17. The summed E-state index contributed by atoms with van der Waals surface area (Å²) < 4.78 is 0. The zero-order chi connectivity index (χ0) is 12.3. The van der Waals surface area contributed by atoms with E-state index in [9.17, 15) is 0 Å². The molecule has 0 radical (unpaired) electrons. The van der Waals surface area contributed by atoms with Crippen LogP contribution in [0, 0.1) is 13.8 Å². The Hall–Kier alpha value is -0.860. The maximum absolute atomic E-state index is 3.55. The van der Waals surface area contributed by atoms with Gasteiger partial charge in [-0.05, 0) is 39.3 Å². The summed E-state index contributed by atoms with van der Waals surface area (Å²) in [4.78, 5) is 2.39. The molecular formula is C15H24N2. The molecule has 0 aromatic heterocycles. The molecule has 2 rings (SSSR count). The van der Waals surface area contributed by atoms with Crippen LogP contribution >= 0.6 is 0 Å². The number of nitrogens with one attached hydrogen (secondary N) is 1. The molecule has 0 unspecified atom stereocenters. The first-order chi connectivity index (χ1) is 8.13. The van der Waals surface area contributed by atoms with Crippen molar-refractivity contribution in [3.8, 4) is 0 Å². The second kappa shape index (κ2) is 5.65. The first kappa shape index (κ1) is 12.6. The van der Waals surface area contributed by atoms with E-state index in [1.165, 1.54) is 29.5 Å².